The Kier molecular flexibility index (Phi) is 5.54. The van der Waals surface area contributed by atoms with E-state index >= 15 is 0 Å². The highest BCUT2D eigenvalue weighted by atomic mass is 19.1. The van der Waals surface area contributed by atoms with E-state index in [2.05, 4.69) is 40.4 Å². The van der Waals surface area contributed by atoms with E-state index in [1.165, 1.54) is 6.39 Å². The van der Waals surface area contributed by atoms with Gasteiger partial charge in [0.05, 0.1) is 6.20 Å². The molecule has 1 aromatic carbocycles. The molecule has 1 N–H and O–H groups in total. The van der Waals surface area contributed by atoms with Crippen molar-refractivity contribution in [3.63, 3.8) is 0 Å². The number of hydrogen-bond acceptors (Lipinski definition) is 5. The Morgan fingerprint density at radius 3 is 2.71 bits per heavy atom. The molecule has 1 aliphatic heterocycles. The topological polar surface area (TPSA) is 85.8 Å². The predicted molar refractivity (Wildman–Crippen MR) is 117 cm³/mol. The summed E-state index contributed by atoms with van der Waals surface area (Å²) in [6, 6.07) is 5.62. The maximum atomic E-state index is 12.9. The van der Waals surface area contributed by atoms with Crippen LogP contribution in [0.1, 0.15) is 48.6 Å². The Morgan fingerprint density at radius 1 is 1.26 bits per heavy atom. The first-order chi connectivity index (χ1) is 14.8. The fourth-order valence-electron chi connectivity index (χ4n) is 2.88. The standard InChI is InChI=1S/C20H19N5O2.C3H5F/c1-13-4-5-14(18-22-12-27-24-18)10-15(13)23-19(26)16-11-21-17-6-7-20(2,3)8-9-25(16)17;4-3-1-2-3/h4-12H,1-3H3,(H,23,26);3H,1-2H2. The van der Waals surface area contributed by atoms with E-state index in [0.29, 0.717) is 17.2 Å². The van der Waals surface area contributed by atoms with Crippen LogP contribution < -0.4 is 5.32 Å². The summed E-state index contributed by atoms with van der Waals surface area (Å²) >= 11 is 0. The van der Waals surface area contributed by atoms with E-state index < -0.39 is 6.17 Å². The number of nitrogens with one attached hydrogen (secondary N) is 1. The minimum atomic E-state index is -0.417. The molecule has 3 aromatic rings. The quantitative estimate of drug-likeness (QED) is 0.633. The molecular formula is C23H24FN5O2. The SMILES string of the molecule is Cc1ccc(-c2ncon2)cc1NC(=O)c1cnc2n1C=CC(C)(C)C=C2.FC1CC1. The molecule has 0 bridgehead atoms. The van der Waals surface area contributed by atoms with Crippen LogP contribution in [-0.4, -0.2) is 31.8 Å². The van der Waals surface area contributed by atoms with Crippen LogP contribution >= 0.6 is 0 Å². The molecule has 1 aliphatic carbocycles. The largest absolute Gasteiger partial charge is 0.342 e. The predicted octanol–water partition coefficient (Wildman–Crippen LogP) is 5.14. The number of alkyl halides is 1. The molecule has 0 radical (unpaired) electrons. The smallest absolute Gasteiger partial charge is 0.274 e. The van der Waals surface area contributed by atoms with Gasteiger partial charge in [-0.05, 0) is 37.5 Å². The normalized spacial score (nSPS) is 16.1. The number of aryl methyl sites for hydroxylation is 1. The molecule has 0 unspecified atom stereocenters. The molecule has 0 atom stereocenters. The second kappa shape index (κ2) is 8.29. The first kappa shape index (κ1) is 20.7. The highest BCUT2D eigenvalue weighted by Crippen LogP contribution is 2.27. The second-order valence-electron chi connectivity index (χ2n) is 8.26. The third-order valence-corrected chi connectivity index (χ3v) is 4.99. The number of nitrogens with zero attached hydrogens (tertiary/aromatic N) is 4. The number of halogens is 1. The first-order valence-electron chi connectivity index (χ1n) is 10.1. The van der Waals surface area contributed by atoms with E-state index in [1.54, 1.807) is 10.8 Å². The van der Waals surface area contributed by atoms with E-state index in [0.717, 1.165) is 29.8 Å². The lowest BCUT2D eigenvalue weighted by atomic mass is 9.93. The monoisotopic (exact) mass is 421 g/mol. The molecule has 7 nitrogen and oxygen atoms in total. The molecule has 2 aromatic heterocycles. The van der Waals surface area contributed by atoms with Gasteiger partial charge in [-0.2, -0.15) is 4.98 Å². The van der Waals surface area contributed by atoms with Crippen molar-refractivity contribution in [3.05, 3.63) is 60.0 Å². The second-order valence-corrected chi connectivity index (χ2v) is 8.26. The summed E-state index contributed by atoms with van der Waals surface area (Å²) in [4.78, 5) is 21.3. The summed E-state index contributed by atoms with van der Waals surface area (Å²) in [5, 5.41) is 6.80. The Balaban J connectivity index is 0.000000520. The van der Waals surface area contributed by atoms with Gasteiger partial charge < -0.3 is 9.84 Å². The molecule has 160 valence electrons. The molecule has 0 saturated heterocycles. The molecule has 3 heterocycles. The van der Waals surface area contributed by atoms with Gasteiger partial charge in [-0.3, -0.25) is 9.36 Å². The van der Waals surface area contributed by atoms with Gasteiger partial charge in [0.25, 0.3) is 5.91 Å². The summed E-state index contributed by atoms with van der Waals surface area (Å²) in [6.07, 6.45) is 12.0. The van der Waals surface area contributed by atoms with Gasteiger partial charge in [-0.25, -0.2) is 9.37 Å². The molecule has 1 amide bonds. The zero-order valence-electron chi connectivity index (χ0n) is 17.7. The number of amides is 1. The van der Waals surface area contributed by atoms with E-state index in [9.17, 15) is 9.18 Å². The lowest BCUT2D eigenvalue weighted by molar-refractivity contribution is 0.102. The molecular weight excluding hydrogens is 397 g/mol. The van der Waals surface area contributed by atoms with Gasteiger partial charge in [0.15, 0.2) is 0 Å². The number of anilines is 1. The number of allylic oxidation sites excluding steroid dienone is 2. The van der Waals surface area contributed by atoms with E-state index in [4.69, 9.17) is 4.52 Å². The van der Waals surface area contributed by atoms with Crippen molar-refractivity contribution in [2.24, 2.45) is 5.41 Å². The van der Waals surface area contributed by atoms with Crippen LogP contribution in [-0.2, 0) is 0 Å². The molecule has 31 heavy (non-hydrogen) atoms. The molecule has 5 rings (SSSR count). The third-order valence-electron chi connectivity index (χ3n) is 4.99. The Hall–Kier alpha value is -3.55. The summed E-state index contributed by atoms with van der Waals surface area (Å²) < 4.78 is 17.7. The van der Waals surface area contributed by atoms with Crippen molar-refractivity contribution in [3.8, 4) is 11.4 Å². The number of fused-ring (bicyclic) bond motifs is 1. The van der Waals surface area contributed by atoms with Gasteiger partial charge >= 0.3 is 0 Å². The average Bonchev–Trinajstić information content (AvgIpc) is 3.21. The lowest BCUT2D eigenvalue weighted by Crippen LogP contribution is -2.16. The highest BCUT2D eigenvalue weighted by Gasteiger charge is 2.20. The van der Waals surface area contributed by atoms with Crippen molar-refractivity contribution in [2.45, 2.75) is 39.8 Å². The zero-order chi connectivity index (χ0) is 22.0. The Bertz CT molecular complexity index is 1140. The zero-order valence-corrected chi connectivity index (χ0v) is 17.7. The minimum Gasteiger partial charge on any atom is -0.342 e. The molecule has 2 aliphatic rings. The summed E-state index contributed by atoms with van der Waals surface area (Å²) in [5.41, 5.74) is 2.76. The number of imidazole rings is 1. The maximum absolute atomic E-state index is 12.9. The number of aromatic nitrogens is 4. The molecule has 1 saturated carbocycles. The highest BCUT2D eigenvalue weighted by molar-refractivity contribution is 6.04. The summed E-state index contributed by atoms with van der Waals surface area (Å²) in [6.45, 7) is 6.12. The van der Waals surface area contributed by atoms with E-state index in [-0.39, 0.29) is 11.3 Å². The Morgan fingerprint density at radius 2 is 2.03 bits per heavy atom. The Labute approximate surface area is 179 Å². The van der Waals surface area contributed by atoms with Crippen molar-refractivity contribution >= 4 is 23.9 Å². The molecule has 0 spiro atoms. The van der Waals surface area contributed by atoms with Gasteiger partial charge in [0.2, 0.25) is 12.2 Å². The average molecular weight is 421 g/mol. The summed E-state index contributed by atoms with van der Waals surface area (Å²) in [5.74, 6) is 0.957. The van der Waals surface area contributed by atoms with Crippen LogP contribution in [0.5, 0.6) is 0 Å². The van der Waals surface area contributed by atoms with Crippen molar-refractivity contribution in [2.75, 3.05) is 5.32 Å². The van der Waals surface area contributed by atoms with Gasteiger partial charge in [0.1, 0.15) is 17.7 Å². The van der Waals surface area contributed by atoms with Crippen LogP contribution in [0.4, 0.5) is 10.1 Å². The van der Waals surface area contributed by atoms with Crippen molar-refractivity contribution in [1.29, 1.82) is 0 Å². The van der Waals surface area contributed by atoms with Crippen LogP contribution in [0.25, 0.3) is 23.7 Å². The fourth-order valence-corrected chi connectivity index (χ4v) is 2.88. The van der Waals surface area contributed by atoms with Crippen molar-refractivity contribution in [1.82, 2.24) is 19.7 Å². The fraction of sp³-hybridized carbons (Fsp3) is 0.304. The number of rotatable bonds is 3. The summed E-state index contributed by atoms with van der Waals surface area (Å²) in [7, 11) is 0. The minimum absolute atomic E-state index is 0.0933. The number of carbonyl (C=O) groups is 1. The van der Waals surface area contributed by atoms with Crippen molar-refractivity contribution < 1.29 is 13.7 Å². The van der Waals surface area contributed by atoms with Gasteiger partial charge in [-0.15, -0.1) is 0 Å². The molecule has 8 heteroatoms. The first-order valence-corrected chi connectivity index (χ1v) is 10.1. The third kappa shape index (κ3) is 4.96. The van der Waals surface area contributed by atoms with E-state index in [1.807, 2.05) is 43.5 Å². The number of carbonyl (C=O) groups excluding carboxylic acids is 1. The molecule has 1 fully saturated rings. The number of benzene rings is 1. The lowest BCUT2D eigenvalue weighted by Gasteiger charge is -2.12. The van der Waals surface area contributed by atoms with Crippen LogP contribution in [0.2, 0.25) is 0 Å². The van der Waals surface area contributed by atoms with Crippen LogP contribution in [0.15, 0.2) is 47.5 Å². The van der Waals surface area contributed by atoms with Gasteiger partial charge in [-0.1, -0.05) is 43.3 Å². The van der Waals surface area contributed by atoms with Crippen LogP contribution in [0.3, 0.4) is 0 Å². The maximum Gasteiger partial charge on any atom is 0.274 e. The van der Waals surface area contributed by atoms with Gasteiger partial charge in [0, 0.05) is 22.9 Å². The van der Waals surface area contributed by atoms with Crippen LogP contribution in [0, 0.1) is 12.3 Å². The number of hydrogen-bond donors (Lipinski definition) is 1.